The molecule has 6 nitrogen and oxygen atoms in total. The third-order valence-electron chi connectivity index (χ3n) is 3.72. The summed E-state index contributed by atoms with van der Waals surface area (Å²) < 4.78 is 1.77. The van der Waals surface area contributed by atoms with Crippen LogP contribution in [0, 0.1) is 6.92 Å². The van der Waals surface area contributed by atoms with Gasteiger partial charge in [-0.2, -0.15) is 0 Å². The van der Waals surface area contributed by atoms with Crippen LogP contribution in [0.1, 0.15) is 12.1 Å². The molecule has 6 heteroatoms. The number of hydrogen-bond donors (Lipinski definition) is 1. The maximum Gasteiger partial charge on any atom is 0.250 e. The number of aryl methyl sites for hydroxylation is 1. The van der Waals surface area contributed by atoms with Gasteiger partial charge in [-0.05, 0) is 37.6 Å². The van der Waals surface area contributed by atoms with Crippen molar-refractivity contribution in [2.24, 2.45) is 0 Å². The molecule has 0 aliphatic heterocycles. The van der Waals surface area contributed by atoms with Crippen molar-refractivity contribution in [3.05, 3.63) is 71.0 Å². The summed E-state index contributed by atoms with van der Waals surface area (Å²) in [6.45, 7) is 3.30. The Labute approximate surface area is 140 Å². The average molecular weight is 321 g/mol. The molecule has 0 unspecified atom stereocenters. The number of rotatable bonds is 6. The molecule has 3 aromatic rings. The van der Waals surface area contributed by atoms with E-state index in [1.54, 1.807) is 35.3 Å². The van der Waals surface area contributed by atoms with E-state index in [9.17, 15) is 4.79 Å². The van der Waals surface area contributed by atoms with Crippen LogP contribution in [0.3, 0.4) is 0 Å². The largest absolute Gasteiger partial charge is 0.354 e. The number of anilines is 1. The van der Waals surface area contributed by atoms with Gasteiger partial charge in [0.25, 0.3) is 5.56 Å². The van der Waals surface area contributed by atoms with Crippen molar-refractivity contribution in [1.82, 2.24) is 19.5 Å². The summed E-state index contributed by atoms with van der Waals surface area (Å²) in [4.78, 5) is 24.6. The Bertz CT molecular complexity index is 861. The van der Waals surface area contributed by atoms with E-state index in [4.69, 9.17) is 0 Å². The van der Waals surface area contributed by atoms with Crippen LogP contribution in [0.25, 0.3) is 11.3 Å². The molecule has 0 saturated carbocycles. The average Bonchev–Trinajstić information content (AvgIpc) is 2.62. The minimum absolute atomic E-state index is 0.0322. The highest BCUT2D eigenvalue weighted by Crippen LogP contribution is 2.15. The van der Waals surface area contributed by atoms with E-state index < -0.39 is 0 Å². The lowest BCUT2D eigenvalue weighted by atomic mass is 10.2. The van der Waals surface area contributed by atoms with Crippen LogP contribution in [-0.4, -0.2) is 26.1 Å². The van der Waals surface area contributed by atoms with Gasteiger partial charge >= 0.3 is 0 Å². The zero-order valence-electron chi connectivity index (χ0n) is 13.5. The van der Waals surface area contributed by atoms with Gasteiger partial charge in [-0.3, -0.25) is 9.78 Å². The molecule has 24 heavy (non-hydrogen) atoms. The summed E-state index contributed by atoms with van der Waals surface area (Å²) in [5.74, 6) is 0.577. The monoisotopic (exact) mass is 321 g/mol. The fourth-order valence-corrected chi connectivity index (χ4v) is 2.47. The Hall–Kier alpha value is -3.02. The first-order valence-electron chi connectivity index (χ1n) is 7.88. The molecule has 3 aromatic heterocycles. The van der Waals surface area contributed by atoms with Gasteiger partial charge in [0.1, 0.15) is 0 Å². The Balaban J connectivity index is 1.59. The van der Waals surface area contributed by atoms with Gasteiger partial charge in [0.15, 0.2) is 0 Å². The van der Waals surface area contributed by atoms with Gasteiger partial charge in [-0.25, -0.2) is 9.97 Å². The number of hydrogen-bond acceptors (Lipinski definition) is 5. The minimum atomic E-state index is 0.0322. The molecule has 0 spiro atoms. The van der Waals surface area contributed by atoms with Crippen LogP contribution in [0.4, 0.5) is 5.95 Å². The van der Waals surface area contributed by atoms with Gasteiger partial charge in [0, 0.05) is 49.0 Å². The van der Waals surface area contributed by atoms with Crippen LogP contribution in [-0.2, 0) is 6.54 Å². The summed E-state index contributed by atoms with van der Waals surface area (Å²) in [7, 11) is 0. The first-order valence-corrected chi connectivity index (χ1v) is 7.88. The second-order valence-electron chi connectivity index (χ2n) is 5.44. The third-order valence-corrected chi connectivity index (χ3v) is 3.72. The van der Waals surface area contributed by atoms with E-state index in [0.717, 1.165) is 23.4 Å². The van der Waals surface area contributed by atoms with E-state index in [-0.39, 0.29) is 5.56 Å². The Morgan fingerprint density at radius 3 is 2.83 bits per heavy atom. The lowest BCUT2D eigenvalue weighted by molar-refractivity contribution is 0.621. The van der Waals surface area contributed by atoms with Gasteiger partial charge in [0.2, 0.25) is 5.95 Å². The van der Waals surface area contributed by atoms with Crippen molar-refractivity contribution in [3.8, 4) is 11.3 Å². The predicted molar refractivity (Wildman–Crippen MR) is 93.8 cm³/mol. The summed E-state index contributed by atoms with van der Waals surface area (Å²) in [6.07, 6.45) is 6.04. The quantitative estimate of drug-likeness (QED) is 0.706. The van der Waals surface area contributed by atoms with Gasteiger partial charge in [0.05, 0.1) is 5.69 Å². The topological polar surface area (TPSA) is 72.7 Å². The first-order chi connectivity index (χ1) is 11.7. The van der Waals surface area contributed by atoms with E-state index in [1.807, 2.05) is 31.2 Å². The lowest BCUT2D eigenvalue weighted by Crippen LogP contribution is -2.22. The highest BCUT2D eigenvalue weighted by atomic mass is 16.1. The third kappa shape index (κ3) is 3.84. The van der Waals surface area contributed by atoms with E-state index in [0.29, 0.717) is 19.0 Å². The van der Waals surface area contributed by atoms with Crippen molar-refractivity contribution < 1.29 is 0 Å². The molecule has 122 valence electrons. The van der Waals surface area contributed by atoms with Gasteiger partial charge in [-0.1, -0.05) is 6.07 Å². The molecule has 0 amide bonds. The number of aromatic nitrogens is 4. The SMILES string of the molecule is Cc1cccc(=O)n1CCCNc1nccc(-c2cccnc2)n1. The minimum Gasteiger partial charge on any atom is -0.354 e. The van der Waals surface area contributed by atoms with Crippen molar-refractivity contribution >= 4 is 5.95 Å². The van der Waals surface area contributed by atoms with E-state index >= 15 is 0 Å². The molecule has 0 bridgehead atoms. The Morgan fingerprint density at radius 2 is 2.04 bits per heavy atom. The van der Waals surface area contributed by atoms with Gasteiger partial charge < -0.3 is 9.88 Å². The molecule has 0 aliphatic rings. The number of nitrogens with one attached hydrogen (secondary N) is 1. The zero-order valence-corrected chi connectivity index (χ0v) is 13.5. The summed E-state index contributed by atoms with van der Waals surface area (Å²) in [5.41, 5.74) is 2.78. The lowest BCUT2D eigenvalue weighted by Gasteiger charge is -2.10. The maximum atomic E-state index is 11.8. The van der Waals surface area contributed by atoms with Crippen LogP contribution in [0.15, 0.2) is 59.8 Å². The zero-order chi connectivity index (χ0) is 16.8. The normalized spacial score (nSPS) is 10.5. The summed E-state index contributed by atoms with van der Waals surface area (Å²) in [5, 5.41) is 3.21. The van der Waals surface area contributed by atoms with Crippen molar-refractivity contribution in [2.45, 2.75) is 19.9 Å². The maximum absolute atomic E-state index is 11.8. The first kappa shape index (κ1) is 15.9. The van der Waals surface area contributed by atoms with Crippen molar-refractivity contribution in [1.29, 1.82) is 0 Å². The second kappa shape index (κ2) is 7.50. The van der Waals surface area contributed by atoms with Gasteiger partial charge in [-0.15, -0.1) is 0 Å². The number of nitrogens with zero attached hydrogens (tertiary/aromatic N) is 4. The van der Waals surface area contributed by atoms with Crippen LogP contribution >= 0.6 is 0 Å². The molecule has 0 fully saturated rings. The molecule has 0 atom stereocenters. The standard InChI is InChI=1S/C18H19N5O/c1-14-5-2-7-17(24)23(14)12-4-10-20-18-21-11-8-16(22-18)15-6-3-9-19-13-15/h2-3,5-9,11,13H,4,10,12H2,1H3,(H,20,21,22). The molecule has 0 aliphatic carbocycles. The van der Waals surface area contributed by atoms with Crippen molar-refractivity contribution in [3.63, 3.8) is 0 Å². The van der Waals surface area contributed by atoms with E-state index in [2.05, 4.69) is 20.3 Å². The number of pyridine rings is 2. The smallest absolute Gasteiger partial charge is 0.250 e. The van der Waals surface area contributed by atoms with E-state index in [1.165, 1.54) is 0 Å². The fraction of sp³-hybridized carbons (Fsp3) is 0.222. The van der Waals surface area contributed by atoms with Crippen LogP contribution in [0.2, 0.25) is 0 Å². The van der Waals surface area contributed by atoms with Crippen LogP contribution < -0.4 is 10.9 Å². The molecule has 3 heterocycles. The molecule has 0 radical (unpaired) electrons. The van der Waals surface area contributed by atoms with Crippen molar-refractivity contribution in [2.75, 3.05) is 11.9 Å². The summed E-state index contributed by atoms with van der Waals surface area (Å²) >= 11 is 0. The Morgan fingerprint density at radius 1 is 1.12 bits per heavy atom. The summed E-state index contributed by atoms with van der Waals surface area (Å²) in [6, 6.07) is 11.0. The molecular formula is C18H19N5O. The Kier molecular flexibility index (Phi) is 4.96. The molecule has 1 N–H and O–H groups in total. The fourth-order valence-electron chi connectivity index (χ4n) is 2.47. The highest BCUT2D eigenvalue weighted by molar-refractivity contribution is 5.58. The molecular weight excluding hydrogens is 302 g/mol. The van der Waals surface area contributed by atoms with Crippen LogP contribution in [0.5, 0.6) is 0 Å². The highest BCUT2D eigenvalue weighted by Gasteiger charge is 2.03. The molecule has 3 rings (SSSR count). The molecule has 0 saturated heterocycles. The molecule has 0 aromatic carbocycles. The predicted octanol–water partition coefficient (Wildman–Crippen LogP) is 2.51. The second-order valence-corrected chi connectivity index (χ2v) is 5.44.